The van der Waals surface area contributed by atoms with E-state index in [0.717, 1.165) is 12.1 Å². The van der Waals surface area contributed by atoms with Crippen LogP contribution in [0.4, 0.5) is 20.8 Å². The maximum absolute atomic E-state index is 13.6. The smallest absolute Gasteiger partial charge is 0.304 e. The van der Waals surface area contributed by atoms with E-state index in [9.17, 15) is 22.9 Å². The van der Waals surface area contributed by atoms with Crippen LogP contribution in [0.5, 0.6) is 0 Å². The van der Waals surface area contributed by atoms with Crippen LogP contribution in [0.25, 0.3) is 0 Å². The molecule has 0 saturated heterocycles. The minimum absolute atomic E-state index is 0.141. The van der Waals surface area contributed by atoms with E-state index in [4.69, 9.17) is 17.3 Å². The van der Waals surface area contributed by atoms with Gasteiger partial charge in [-0.15, -0.1) is 0 Å². The number of anilines is 2. The Hall–Kier alpha value is -1.91. The molecule has 0 atom stereocenters. The largest absolute Gasteiger partial charge is 0.385 e. The van der Waals surface area contributed by atoms with Crippen molar-refractivity contribution in [1.82, 2.24) is 0 Å². The second-order valence-electron chi connectivity index (χ2n) is 3.77. The van der Waals surface area contributed by atoms with Crippen molar-refractivity contribution >= 4 is 49.3 Å². The highest BCUT2D eigenvalue weighted by Crippen LogP contribution is 2.36. The molecule has 7 nitrogen and oxygen atoms in total. The fraction of sp³-hybridized carbons (Fsp3) is 0. The molecular formula is C10H7ClFN3O4S2. The molecule has 0 aliphatic rings. The topological polar surface area (TPSA) is 115 Å². The lowest BCUT2D eigenvalue weighted by molar-refractivity contribution is -0.383. The van der Waals surface area contributed by atoms with Gasteiger partial charge in [-0.2, -0.15) is 0 Å². The molecule has 0 bridgehead atoms. The molecule has 0 unspecified atom stereocenters. The molecule has 2 rings (SSSR count). The van der Waals surface area contributed by atoms with Crippen LogP contribution in [0.2, 0.25) is 5.02 Å². The van der Waals surface area contributed by atoms with Crippen LogP contribution in [0.1, 0.15) is 0 Å². The Kier molecular flexibility index (Phi) is 4.03. The highest BCUT2D eigenvalue weighted by Gasteiger charge is 2.26. The summed E-state index contributed by atoms with van der Waals surface area (Å²) in [6.07, 6.45) is 0. The fourth-order valence-corrected chi connectivity index (χ4v) is 4.00. The monoisotopic (exact) mass is 351 g/mol. The molecule has 0 saturated carbocycles. The number of sulfonamides is 1. The second kappa shape index (κ2) is 5.47. The zero-order valence-electron chi connectivity index (χ0n) is 10.0. The number of nitrogens with two attached hydrogens (primary N) is 1. The molecule has 0 amide bonds. The van der Waals surface area contributed by atoms with Gasteiger partial charge in [-0.3, -0.25) is 14.8 Å². The molecule has 1 aromatic carbocycles. The first-order chi connectivity index (χ1) is 9.72. The third kappa shape index (κ3) is 3.06. The Morgan fingerprint density at radius 2 is 2.10 bits per heavy atom. The maximum Gasteiger partial charge on any atom is 0.304 e. The van der Waals surface area contributed by atoms with Crippen molar-refractivity contribution in [2.24, 2.45) is 0 Å². The van der Waals surface area contributed by atoms with Gasteiger partial charge in [-0.1, -0.05) is 29.0 Å². The van der Waals surface area contributed by atoms with Crippen LogP contribution in [0, 0.1) is 15.9 Å². The Labute approximate surface area is 127 Å². The van der Waals surface area contributed by atoms with Crippen LogP contribution in [0.15, 0.2) is 28.5 Å². The summed E-state index contributed by atoms with van der Waals surface area (Å²) >= 11 is 6.21. The standard InChI is InChI=1S/C10H7ClFN3O4S2/c11-5-2-1-3-6(12)9(5)14-21(18,19)8-4-7(15(16)17)10(13)20-8/h1-4,14H,13H2. The number of para-hydroxylation sites is 1. The van der Waals surface area contributed by atoms with Crippen molar-refractivity contribution < 1.29 is 17.7 Å². The quantitative estimate of drug-likeness (QED) is 0.649. The summed E-state index contributed by atoms with van der Waals surface area (Å²) in [5.41, 5.74) is 4.41. The number of hydrogen-bond acceptors (Lipinski definition) is 6. The highest BCUT2D eigenvalue weighted by atomic mass is 35.5. The van der Waals surface area contributed by atoms with Gasteiger partial charge < -0.3 is 5.73 Å². The third-order valence-corrected chi connectivity index (χ3v) is 5.47. The number of hydrogen-bond donors (Lipinski definition) is 2. The number of nitrogen functional groups attached to an aromatic ring is 1. The zero-order chi connectivity index (χ0) is 15.8. The van der Waals surface area contributed by atoms with Crippen LogP contribution >= 0.6 is 22.9 Å². The minimum Gasteiger partial charge on any atom is -0.385 e. The number of nitro groups is 1. The van der Waals surface area contributed by atoms with Gasteiger partial charge in [0.1, 0.15) is 15.7 Å². The Balaban J connectivity index is 2.44. The van der Waals surface area contributed by atoms with Crippen molar-refractivity contribution in [2.75, 3.05) is 10.5 Å². The number of nitrogens with one attached hydrogen (secondary N) is 1. The molecule has 0 radical (unpaired) electrons. The Morgan fingerprint density at radius 1 is 1.43 bits per heavy atom. The number of nitrogens with zero attached hydrogens (tertiary/aromatic N) is 1. The number of thiophene rings is 1. The molecule has 0 spiro atoms. The van der Waals surface area contributed by atoms with Crippen molar-refractivity contribution in [3.63, 3.8) is 0 Å². The summed E-state index contributed by atoms with van der Waals surface area (Å²) in [5, 5.41) is 10.3. The van der Waals surface area contributed by atoms with Gasteiger partial charge in [0.2, 0.25) is 0 Å². The average Bonchev–Trinajstić information content (AvgIpc) is 2.77. The van der Waals surface area contributed by atoms with Gasteiger partial charge in [0.05, 0.1) is 9.95 Å². The second-order valence-corrected chi connectivity index (χ2v) is 7.17. The molecule has 112 valence electrons. The molecule has 0 aliphatic carbocycles. The maximum atomic E-state index is 13.6. The van der Waals surface area contributed by atoms with E-state index in [1.807, 2.05) is 4.72 Å². The van der Waals surface area contributed by atoms with Crippen molar-refractivity contribution in [3.05, 3.63) is 45.2 Å². The predicted octanol–water partition coefficient (Wildman–Crippen LogP) is 2.83. The first-order valence-electron chi connectivity index (χ1n) is 5.23. The van der Waals surface area contributed by atoms with Gasteiger partial charge in [0.15, 0.2) is 5.00 Å². The SMILES string of the molecule is Nc1sc(S(=O)(=O)Nc2c(F)cccc2Cl)cc1[N+](=O)[O-]. The molecule has 11 heteroatoms. The molecule has 21 heavy (non-hydrogen) atoms. The van der Waals surface area contributed by atoms with E-state index < -0.39 is 36.3 Å². The average molecular weight is 352 g/mol. The summed E-state index contributed by atoms with van der Waals surface area (Å²) in [7, 11) is -4.23. The van der Waals surface area contributed by atoms with Gasteiger partial charge in [-0.25, -0.2) is 12.8 Å². The van der Waals surface area contributed by atoms with Crippen molar-refractivity contribution in [3.8, 4) is 0 Å². The van der Waals surface area contributed by atoms with Crippen LogP contribution < -0.4 is 10.5 Å². The first kappa shape index (κ1) is 15.5. The summed E-state index contributed by atoms with van der Waals surface area (Å²) < 4.78 is 39.3. The van der Waals surface area contributed by atoms with E-state index in [-0.39, 0.29) is 10.0 Å². The Bertz CT molecular complexity index is 801. The molecule has 2 aromatic rings. The molecule has 0 fully saturated rings. The van der Waals surface area contributed by atoms with E-state index in [1.165, 1.54) is 12.1 Å². The predicted molar refractivity (Wildman–Crippen MR) is 77.6 cm³/mol. The summed E-state index contributed by atoms with van der Waals surface area (Å²) in [6.45, 7) is 0. The van der Waals surface area contributed by atoms with Crippen molar-refractivity contribution in [2.45, 2.75) is 4.21 Å². The zero-order valence-corrected chi connectivity index (χ0v) is 12.4. The van der Waals surface area contributed by atoms with Crippen molar-refractivity contribution in [1.29, 1.82) is 0 Å². The van der Waals surface area contributed by atoms with Crippen LogP contribution in [0.3, 0.4) is 0 Å². The van der Waals surface area contributed by atoms with Gasteiger partial charge in [0.25, 0.3) is 10.0 Å². The third-order valence-electron chi connectivity index (χ3n) is 2.38. The van der Waals surface area contributed by atoms with E-state index in [1.54, 1.807) is 0 Å². The highest BCUT2D eigenvalue weighted by molar-refractivity contribution is 7.94. The fourth-order valence-electron chi connectivity index (χ4n) is 1.43. The van der Waals surface area contributed by atoms with Crippen LogP contribution in [-0.2, 0) is 10.0 Å². The van der Waals surface area contributed by atoms with Crippen LogP contribution in [-0.4, -0.2) is 13.3 Å². The number of halogens is 2. The summed E-state index contributed by atoms with van der Waals surface area (Å²) in [6, 6.07) is 4.43. The number of rotatable bonds is 4. The van der Waals surface area contributed by atoms with E-state index in [2.05, 4.69) is 0 Å². The normalized spacial score (nSPS) is 11.3. The van der Waals surface area contributed by atoms with Gasteiger partial charge in [-0.05, 0) is 12.1 Å². The van der Waals surface area contributed by atoms with Gasteiger partial charge in [0, 0.05) is 6.07 Å². The molecule has 3 N–H and O–H groups in total. The molecular weight excluding hydrogens is 345 g/mol. The molecule has 1 aromatic heterocycles. The molecule has 0 aliphatic heterocycles. The van der Waals surface area contributed by atoms with Gasteiger partial charge >= 0.3 is 5.69 Å². The summed E-state index contributed by atoms with van der Waals surface area (Å²) in [5.74, 6) is -0.870. The first-order valence-corrected chi connectivity index (χ1v) is 7.90. The lowest BCUT2D eigenvalue weighted by atomic mass is 10.3. The van der Waals surface area contributed by atoms with E-state index in [0.29, 0.717) is 11.3 Å². The minimum atomic E-state index is -4.23. The van der Waals surface area contributed by atoms with E-state index >= 15 is 0 Å². The summed E-state index contributed by atoms with van der Waals surface area (Å²) in [4.78, 5) is 9.86. The lowest BCUT2D eigenvalue weighted by Crippen LogP contribution is -2.13. The lowest BCUT2D eigenvalue weighted by Gasteiger charge is -2.08. The molecule has 1 heterocycles. The Morgan fingerprint density at radius 3 is 2.62 bits per heavy atom. The number of benzene rings is 1.